The molecule has 0 bridgehead atoms. The third-order valence-electron chi connectivity index (χ3n) is 11.1. The smallest absolute Gasteiger partial charge is 0.164 e. The van der Waals surface area contributed by atoms with Crippen LogP contribution in [0.4, 0.5) is 21.6 Å². The lowest BCUT2D eigenvalue weighted by molar-refractivity contribution is -0.110. The zero-order chi connectivity index (χ0) is 31.4. The van der Waals surface area contributed by atoms with Crippen molar-refractivity contribution in [2.24, 2.45) is 0 Å². The standard InChI is InChI=1S/C36H43FN8O/c1-23(2)44-22-40-31-19-30(42-35(34(31)44)41-29-8-11-39-20-28(29)37)24-6-7-27-32(16-24)45(33(21-46)36(27)9-12-38-13-10-36)26-17-25(18-26)43-14-4-3-5-15-43/h6-8,11,16,19-23,25-26,33,38H,3-5,9-10,12-15,17-18H2,1-2H3,(H,39,41,42)/t25-,26+,33?. The normalized spacial score (nSPS) is 24.3. The summed E-state index contributed by atoms with van der Waals surface area (Å²) >= 11 is 0. The minimum atomic E-state index is -0.442. The fraction of sp³-hybridized carbons (Fsp3) is 0.500. The quantitative estimate of drug-likeness (QED) is 0.243. The van der Waals surface area contributed by atoms with Gasteiger partial charge in [-0.1, -0.05) is 18.6 Å². The highest BCUT2D eigenvalue weighted by Crippen LogP contribution is 2.53. The van der Waals surface area contributed by atoms with Crippen LogP contribution in [-0.4, -0.2) is 75.0 Å². The molecule has 240 valence electrons. The summed E-state index contributed by atoms with van der Waals surface area (Å²) in [6, 6.07) is 11.2. The highest BCUT2D eigenvalue weighted by atomic mass is 19.1. The van der Waals surface area contributed by atoms with Gasteiger partial charge in [0.05, 0.1) is 35.5 Å². The van der Waals surface area contributed by atoms with Crippen LogP contribution in [-0.2, 0) is 10.2 Å². The van der Waals surface area contributed by atoms with Gasteiger partial charge in [0, 0.05) is 41.0 Å². The van der Waals surface area contributed by atoms with Crippen molar-refractivity contribution in [3.05, 3.63) is 60.4 Å². The number of rotatable bonds is 7. The summed E-state index contributed by atoms with van der Waals surface area (Å²) in [7, 11) is 0. The zero-order valence-corrected chi connectivity index (χ0v) is 26.8. The number of nitrogens with zero attached hydrogens (tertiary/aromatic N) is 6. The van der Waals surface area contributed by atoms with Crippen molar-refractivity contribution >= 4 is 34.5 Å². The molecule has 1 spiro atoms. The summed E-state index contributed by atoms with van der Waals surface area (Å²) < 4.78 is 16.8. The second-order valence-electron chi connectivity index (χ2n) is 14.0. The number of imidazole rings is 1. The molecule has 1 saturated carbocycles. The van der Waals surface area contributed by atoms with Gasteiger partial charge in [-0.3, -0.25) is 4.98 Å². The van der Waals surface area contributed by atoms with Crippen molar-refractivity contribution in [3.8, 4) is 11.3 Å². The molecule has 3 fully saturated rings. The highest BCUT2D eigenvalue weighted by molar-refractivity contribution is 5.92. The lowest BCUT2D eigenvalue weighted by atomic mass is 9.70. The number of likely N-dealkylation sites (tertiary alicyclic amines) is 1. The number of aldehydes is 1. The number of pyridine rings is 2. The van der Waals surface area contributed by atoms with E-state index in [0.717, 1.165) is 61.1 Å². The number of anilines is 3. The van der Waals surface area contributed by atoms with Crippen molar-refractivity contribution in [2.75, 3.05) is 36.4 Å². The molecule has 4 aromatic rings. The maximum absolute atomic E-state index is 14.8. The molecule has 8 rings (SSSR count). The Hall–Kier alpha value is -3.89. The van der Waals surface area contributed by atoms with E-state index in [2.05, 4.69) is 62.0 Å². The summed E-state index contributed by atoms with van der Waals surface area (Å²) in [5, 5.41) is 6.78. The fourth-order valence-electron chi connectivity index (χ4n) is 8.62. The second kappa shape index (κ2) is 11.7. The van der Waals surface area contributed by atoms with E-state index in [0.29, 0.717) is 23.6 Å². The highest BCUT2D eigenvalue weighted by Gasteiger charge is 2.55. The van der Waals surface area contributed by atoms with E-state index >= 15 is 0 Å². The van der Waals surface area contributed by atoms with Gasteiger partial charge in [-0.2, -0.15) is 0 Å². The van der Waals surface area contributed by atoms with Gasteiger partial charge in [0.2, 0.25) is 0 Å². The zero-order valence-electron chi connectivity index (χ0n) is 26.8. The fourth-order valence-corrected chi connectivity index (χ4v) is 8.62. The van der Waals surface area contributed by atoms with Crippen LogP contribution in [0.25, 0.3) is 22.3 Å². The monoisotopic (exact) mass is 622 g/mol. The molecule has 46 heavy (non-hydrogen) atoms. The molecule has 4 aliphatic rings. The Bertz CT molecular complexity index is 1750. The van der Waals surface area contributed by atoms with E-state index in [9.17, 15) is 9.18 Å². The number of nitrogens with one attached hydrogen (secondary N) is 2. The molecule has 0 amide bonds. The van der Waals surface area contributed by atoms with Crippen molar-refractivity contribution in [1.82, 2.24) is 29.7 Å². The number of hydrogen-bond donors (Lipinski definition) is 2. The summed E-state index contributed by atoms with van der Waals surface area (Å²) in [4.78, 5) is 32.0. The molecule has 1 aromatic carbocycles. The predicted molar refractivity (Wildman–Crippen MR) is 179 cm³/mol. The number of aromatic nitrogens is 4. The Morgan fingerprint density at radius 1 is 1.07 bits per heavy atom. The Kier molecular flexibility index (Phi) is 7.52. The van der Waals surface area contributed by atoms with Crippen LogP contribution in [0.2, 0.25) is 0 Å². The first-order valence-electron chi connectivity index (χ1n) is 17.0. The van der Waals surface area contributed by atoms with E-state index in [1.165, 1.54) is 56.1 Å². The van der Waals surface area contributed by atoms with E-state index in [4.69, 9.17) is 9.97 Å². The van der Waals surface area contributed by atoms with Gasteiger partial charge < -0.3 is 29.8 Å². The number of fused-ring (bicyclic) bond motifs is 3. The number of carbonyl (C=O) groups excluding carboxylic acids is 1. The Morgan fingerprint density at radius 3 is 2.61 bits per heavy atom. The van der Waals surface area contributed by atoms with Crippen LogP contribution >= 0.6 is 0 Å². The largest absolute Gasteiger partial charge is 0.358 e. The van der Waals surface area contributed by atoms with Crippen LogP contribution in [0, 0.1) is 5.82 Å². The van der Waals surface area contributed by atoms with Crippen LogP contribution < -0.4 is 15.5 Å². The average molecular weight is 623 g/mol. The average Bonchev–Trinajstić information content (AvgIpc) is 3.60. The molecular formula is C36H43FN8O. The Balaban J connectivity index is 1.21. The van der Waals surface area contributed by atoms with Gasteiger partial charge in [-0.05, 0) is 102 Å². The lowest BCUT2D eigenvalue weighted by Gasteiger charge is -2.50. The Labute approximate surface area is 269 Å². The first-order valence-corrected chi connectivity index (χ1v) is 17.0. The third-order valence-corrected chi connectivity index (χ3v) is 11.1. The molecule has 2 saturated heterocycles. The number of piperidine rings is 2. The molecule has 6 heterocycles. The van der Waals surface area contributed by atoms with Gasteiger partial charge in [0.1, 0.15) is 11.8 Å². The van der Waals surface area contributed by atoms with Gasteiger partial charge >= 0.3 is 0 Å². The number of halogens is 1. The predicted octanol–water partition coefficient (Wildman–Crippen LogP) is 5.98. The van der Waals surface area contributed by atoms with Crippen molar-refractivity contribution in [2.45, 2.75) is 88.4 Å². The molecule has 2 N–H and O–H groups in total. The van der Waals surface area contributed by atoms with Gasteiger partial charge in [0.25, 0.3) is 0 Å². The first kappa shape index (κ1) is 29.5. The minimum absolute atomic E-state index is 0.145. The van der Waals surface area contributed by atoms with Crippen molar-refractivity contribution in [3.63, 3.8) is 0 Å². The second-order valence-corrected chi connectivity index (χ2v) is 14.0. The van der Waals surface area contributed by atoms with Crippen LogP contribution in [0.3, 0.4) is 0 Å². The van der Waals surface area contributed by atoms with Crippen LogP contribution in [0.15, 0.2) is 49.1 Å². The van der Waals surface area contributed by atoms with E-state index in [-0.39, 0.29) is 17.5 Å². The molecule has 1 atom stereocenters. The summed E-state index contributed by atoms with van der Waals surface area (Å²) in [5.41, 5.74) is 5.92. The van der Waals surface area contributed by atoms with E-state index < -0.39 is 5.82 Å². The molecule has 1 aliphatic carbocycles. The van der Waals surface area contributed by atoms with Gasteiger partial charge in [-0.25, -0.2) is 14.4 Å². The number of hydrogen-bond acceptors (Lipinski definition) is 8. The van der Waals surface area contributed by atoms with E-state index in [1.807, 2.05) is 12.4 Å². The maximum Gasteiger partial charge on any atom is 0.164 e. The molecule has 9 nitrogen and oxygen atoms in total. The molecule has 3 aromatic heterocycles. The van der Waals surface area contributed by atoms with Gasteiger partial charge in [0.15, 0.2) is 11.6 Å². The molecule has 10 heteroatoms. The summed E-state index contributed by atoms with van der Waals surface area (Å²) in [6.45, 7) is 8.42. The minimum Gasteiger partial charge on any atom is -0.358 e. The summed E-state index contributed by atoms with van der Waals surface area (Å²) in [5.74, 6) is 0.104. The number of carbonyl (C=O) groups is 1. The Morgan fingerprint density at radius 2 is 1.87 bits per heavy atom. The first-order chi connectivity index (χ1) is 22.5. The van der Waals surface area contributed by atoms with Gasteiger partial charge in [-0.15, -0.1) is 0 Å². The SMILES string of the molecule is CC(C)n1cnc2cc(-c3ccc4c(c3)N([C@H]3C[C@@H](N5CCCCC5)C3)C(C=O)C43CCNCC3)nc(Nc3ccncc3F)c21. The third kappa shape index (κ3) is 4.80. The molecular weight excluding hydrogens is 579 g/mol. The van der Waals surface area contributed by atoms with Crippen LogP contribution in [0.1, 0.15) is 70.4 Å². The maximum atomic E-state index is 14.8. The summed E-state index contributed by atoms with van der Waals surface area (Å²) in [6.07, 6.45) is 13.8. The number of benzene rings is 1. The molecule has 1 unspecified atom stereocenters. The molecule has 0 radical (unpaired) electrons. The topological polar surface area (TPSA) is 91.2 Å². The molecule has 3 aliphatic heterocycles. The van der Waals surface area contributed by atoms with Crippen molar-refractivity contribution in [1.29, 1.82) is 0 Å². The van der Waals surface area contributed by atoms with Crippen molar-refractivity contribution < 1.29 is 9.18 Å². The van der Waals surface area contributed by atoms with E-state index in [1.54, 1.807) is 12.3 Å². The lowest BCUT2D eigenvalue weighted by Crippen LogP contribution is -2.60. The van der Waals surface area contributed by atoms with Crippen LogP contribution in [0.5, 0.6) is 0 Å².